The van der Waals surface area contributed by atoms with Gasteiger partial charge in [0.05, 0.1) is 11.2 Å². The van der Waals surface area contributed by atoms with Crippen LogP contribution in [-0.4, -0.2) is 23.7 Å². The van der Waals surface area contributed by atoms with E-state index in [-0.39, 0.29) is 18.9 Å². The van der Waals surface area contributed by atoms with Crippen molar-refractivity contribution in [2.45, 2.75) is 13.0 Å². The van der Waals surface area contributed by atoms with Crippen molar-refractivity contribution in [1.82, 2.24) is 4.57 Å². The number of fused-ring (bicyclic) bond motifs is 2. The molecule has 1 aromatic heterocycles. The molecule has 0 saturated carbocycles. The van der Waals surface area contributed by atoms with E-state index in [4.69, 9.17) is 13.9 Å². The van der Waals surface area contributed by atoms with Crippen molar-refractivity contribution >= 4 is 22.7 Å². The minimum atomic E-state index is -0.470. The number of aryl methyl sites for hydroxylation is 1. The monoisotopic (exact) mass is 340 g/mol. The summed E-state index contributed by atoms with van der Waals surface area (Å²) in [6, 6.07) is 12.5. The van der Waals surface area contributed by atoms with Crippen LogP contribution in [0.2, 0.25) is 0 Å². The van der Waals surface area contributed by atoms with E-state index in [9.17, 15) is 9.59 Å². The molecule has 1 amide bonds. The summed E-state index contributed by atoms with van der Waals surface area (Å²) in [4.78, 5) is 24.2. The molecule has 0 atom stereocenters. The lowest BCUT2D eigenvalue weighted by Crippen LogP contribution is -2.21. The summed E-state index contributed by atoms with van der Waals surface area (Å²) in [5.41, 5.74) is 1.75. The number of nitrogens with zero attached hydrogens (tertiary/aromatic N) is 1. The maximum Gasteiger partial charge on any atom is 0.419 e. The smallest absolute Gasteiger partial charge is 0.419 e. The summed E-state index contributed by atoms with van der Waals surface area (Å²) < 4.78 is 17.7. The van der Waals surface area contributed by atoms with Crippen LogP contribution in [0.4, 0.5) is 5.69 Å². The zero-order valence-electron chi connectivity index (χ0n) is 13.4. The number of hydrogen-bond donors (Lipinski definition) is 1. The first kappa shape index (κ1) is 15.3. The third kappa shape index (κ3) is 2.96. The van der Waals surface area contributed by atoms with E-state index in [0.29, 0.717) is 41.5 Å². The van der Waals surface area contributed by atoms with Gasteiger partial charge in [0.1, 0.15) is 13.2 Å². The molecule has 7 nitrogen and oxygen atoms in total. The highest BCUT2D eigenvalue weighted by Gasteiger charge is 2.17. The fourth-order valence-electron chi connectivity index (χ4n) is 2.82. The lowest BCUT2D eigenvalue weighted by molar-refractivity contribution is -0.116. The average molecular weight is 340 g/mol. The maximum absolute atomic E-state index is 12.3. The Labute approximate surface area is 142 Å². The summed E-state index contributed by atoms with van der Waals surface area (Å²) in [6.07, 6.45) is 0.133. The third-order valence-corrected chi connectivity index (χ3v) is 3.98. The van der Waals surface area contributed by atoms with E-state index < -0.39 is 5.76 Å². The Bertz CT molecular complexity index is 989. The molecule has 0 saturated heterocycles. The van der Waals surface area contributed by atoms with Gasteiger partial charge in [-0.1, -0.05) is 18.2 Å². The second-order valence-electron chi connectivity index (χ2n) is 5.62. The highest BCUT2D eigenvalue weighted by Crippen LogP contribution is 2.37. The Balaban J connectivity index is 1.48. The highest BCUT2D eigenvalue weighted by atomic mass is 16.6. The molecule has 2 heterocycles. The van der Waals surface area contributed by atoms with Gasteiger partial charge in [-0.05, 0) is 24.3 Å². The number of hydrogen-bond acceptors (Lipinski definition) is 5. The Morgan fingerprint density at radius 1 is 1.08 bits per heavy atom. The largest absolute Gasteiger partial charge is 0.486 e. The number of carbonyl (C=O) groups excluding carboxylic acids is 1. The standard InChI is InChI=1S/C18H16N2O5/c21-16(19-12-4-3-7-15-17(12)24-11-10-23-15)8-9-20-13-5-1-2-6-14(13)25-18(20)22/h1-7H,8-11H2,(H,19,21). The van der Waals surface area contributed by atoms with Gasteiger partial charge >= 0.3 is 5.76 Å². The van der Waals surface area contributed by atoms with Crippen LogP contribution in [0.25, 0.3) is 11.1 Å². The van der Waals surface area contributed by atoms with E-state index in [0.717, 1.165) is 0 Å². The maximum atomic E-state index is 12.3. The fraction of sp³-hybridized carbons (Fsp3) is 0.222. The van der Waals surface area contributed by atoms with Crippen LogP contribution in [0.1, 0.15) is 6.42 Å². The van der Waals surface area contributed by atoms with Crippen LogP contribution in [-0.2, 0) is 11.3 Å². The van der Waals surface area contributed by atoms with E-state index in [1.165, 1.54) is 4.57 Å². The number of nitrogens with one attached hydrogen (secondary N) is 1. The van der Waals surface area contributed by atoms with Crippen LogP contribution >= 0.6 is 0 Å². The minimum absolute atomic E-state index is 0.133. The quantitative estimate of drug-likeness (QED) is 0.788. The molecule has 0 fully saturated rings. The molecule has 1 N–H and O–H groups in total. The van der Waals surface area contributed by atoms with Crippen molar-refractivity contribution in [3.8, 4) is 11.5 Å². The Kier molecular flexibility index (Phi) is 3.89. The number of para-hydroxylation sites is 3. The van der Waals surface area contributed by atoms with Crippen molar-refractivity contribution in [3.05, 3.63) is 53.0 Å². The number of aromatic nitrogens is 1. The summed E-state index contributed by atoms with van der Waals surface area (Å²) in [7, 11) is 0. The zero-order valence-corrected chi connectivity index (χ0v) is 13.4. The summed E-state index contributed by atoms with van der Waals surface area (Å²) in [5, 5.41) is 2.81. The van der Waals surface area contributed by atoms with Gasteiger partial charge in [-0.2, -0.15) is 0 Å². The van der Waals surface area contributed by atoms with Crippen LogP contribution in [0, 0.1) is 0 Å². The second kappa shape index (κ2) is 6.35. The third-order valence-electron chi connectivity index (χ3n) is 3.98. The number of anilines is 1. The predicted molar refractivity (Wildman–Crippen MR) is 91.2 cm³/mol. The van der Waals surface area contributed by atoms with Crippen molar-refractivity contribution in [2.75, 3.05) is 18.5 Å². The molecule has 25 heavy (non-hydrogen) atoms. The van der Waals surface area contributed by atoms with Gasteiger partial charge in [-0.3, -0.25) is 9.36 Å². The van der Waals surface area contributed by atoms with Gasteiger partial charge in [0.25, 0.3) is 0 Å². The molecule has 0 spiro atoms. The Morgan fingerprint density at radius 3 is 2.84 bits per heavy atom. The predicted octanol–water partition coefficient (Wildman–Crippen LogP) is 2.39. The number of rotatable bonds is 4. The molecule has 1 aliphatic rings. The fourth-order valence-corrected chi connectivity index (χ4v) is 2.82. The first-order valence-corrected chi connectivity index (χ1v) is 7.99. The molecule has 1 aliphatic heterocycles. The lowest BCUT2D eigenvalue weighted by Gasteiger charge is -2.21. The molecular formula is C18H16N2O5. The molecule has 0 bridgehead atoms. The molecule has 2 aromatic carbocycles. The molecule has 7 heteroatoms. The number of benzene rings is 2. The molecule has 128 valence electrons. The van der Waals surface area contributed by atoms with Crippen LogP contribution in [0.3, 0.4) is 0 Å². The molecule has 0 unspecified atom stereocenters. The molecule has 3 aromatic rings. The van der Waals surface area contributed by atoms with Gasteiger partial charge < -0.3 is 19.2 Å². The van der Waals surface area contributed by atoms with Gasteiger partial charge in [-0.25, -0.2) is 4.79 Å². The van der Waals surface area contributed by atoms with Crippen LogP contribution < -0.4 is 20.5 Å². The first-order valence-electron chi connectivity index (χ1n) is 7.99. The molecular weight excluding hydrogens is 324 g/mol. The number of amides is 1. The van der Waals surface area contributed by atoms with Gasteiger partial charge in [0, 0.05) is 13.0 Å². The number of ether oxygens (including phenoxy) is 2. The van der Waals surface area contributed by atoms with Crippen molar-refractivity contribution in [1.29, 1.82) is 0 Å². The summed E-state index contributed by atoms with van der Waals surface area (Å²) in [6.45, 7) is 1.16. The minimum Gasteiger partial charge on any atom is -0.486 e. The zero-order chi connectivity index (χ0) is 17.2. The SMILES string of the molecule is O=C(CCn1c(=O)oc2ccccc21)Nc1cccc2c1OCCO2. The molecule has 4 rings (SSSR count). The lowest BCUT2D eigenvalue weighted by atomic mass is 10.2. The van der Waals surface area contributed by atoms with Gasteiger partial charge in [0.2, 0.25) is 5.91 Å². The van der Waals surface area contributed by atoms with Gasteiger partial charge in [0.15, 0.2) is 17.1 Å². The van der Waals surface area contributed by atoms with Crippen LogP contribution in [0.5, 0.6) is 11.5 Å². The van der Waals surface area contributed by atoms with Crippen molar-refractivity contribution < 1.29 is 18.7 Å². The van der Waals surface area contributed by atoms with Crippen molar-refractivity contribution in [2.24, 2.45) is 0 Å². The topological polar surface area (TPSA) is 82.7 Å². The van der Waals surface area contributed by atoms with E-state index >= 15 is 0 Å². The summed E-state index contributed by atoms with van der Waals surface area (Å²) >= 11 is 0. The molecule has 0 radical (unpaired) electrons. The van der Waals surface area contributed by atoms with E-state index in [1.807, 2.05) is 6.07 Å². The Morgan fingerprint density at radius 2 is 1.92 bits per heavy atom. The second-order valence-corrected chi connectivity index (χ2v) is 5.62. The highest BCUT2D eigenvalue weighted by molar-refractivity contribution is 5.93. The summed E-state index contributed by atoms with van der Waals surface area (Å²) in [5.74, 6) is 0.455. The Hall–Kier alpha value is -3.22. The van der Waals surface area contributed by atoms with Gasteiger partial charge in [-0.15, -0.1) is 0 Å². The van der Waals surface area contributed by atoms with E-state index in [1.54, 1.807) is 36.4 Å². The van der Waals surface area contributed by atoms with Crippen molar-refractivity contribution in [3.63, 3.8) is 0 Å². The van der Waals surface area contributed by atoms with Crippen LogP contribution in [0.15, 0.2) is 51.7 Å². The number of carbonyl (C=O) groups is 1. The molecule has 0 aliphatic carbocycles. The number of oxazole rings is 1. The van der Waals surface area contributed by atoms with E-state index in [2.05, 4.69) is 5.32 Å². The normalized spacial score (nSPS) is 13.0. The average Bonchev–Trinajstić information content (AvgIpc) is 2.95. The first-order chi connectivity index (χ1) is 12.2.